The number of hydrogen-bond donors (Lipinski definition) is 3. The number of carbonyl (C=O) groups is 2. The number of aliphatic hydroxyl groups excluding tert-OH is 3. The summed E-state index contributed by atoms with van der Waals surface area (Å²) in [5.41, 5.74) is 0. The lowest BCUT2D eigenvalue weighted by molar-refractivity contribution is -0.161. The number of ether oxygens (including phenoxy) is 2. The molecule has 0 aromatic carbocycles. The first-order valence-corrected chi connectivity index (χ1v) is 19.8. The fraction of sp³-hybridized carbons (Fsp3) is 0.762. The summed E-state index contributed by atoms with van der Waals surface area (Å²) in [5.74, 6) is 0.0147. The van der Waals surface area contributed by atoms with Crippen LogP contribution in [0, 0.1) is 5.92 Å². The molecule has 0 saturated heterocycles. The van der Waals surface area contributed by atoms with E-state index < -0.39 is 24.8 Å². The van der Waals surface area contributed by atoms with Crippen LogP contribution in [0.25, 0.3) is 0 Å². The summed E-state index contributed by atoms with van der Waals surface area (Å²) in [4.78, 5) is 24.3. The molecule has 0 spiro atoms. The Balaban J connectivity index is 3.80. The van der Waals surface area contributed by atoms with E-state index in [0.29, 0.717) is 19.3 Å². The molecule has 284 valence electrons. The van der Waals surface area contributed by atoms with Crippen LogP contribution >= 0.6 is 0 Å². The predicted octanol–water partition coefficient (Wildman–Crippen LogP) is 10.0. The highest BCUT2D eigenvalue weighted by molar-refractivity contribution is 5.70. The molecule has 7 nitrogen and oxygen atoms in total. The first kappa shape index (κ1) is 46.8. The van der Waals surface area contributed by atoms with Crippen molar-refractivity contribution in [2.24, 2.45) is 5.92 Å². The van der Waals surface area contributed by atoms with Gasteiger partial charge in [-0.05, 0) is 38.0 Å². The van der Waals surface area contributed by atoms with Gasteiger partial charge in [0, 0.05) is 12.8 Å². The molecule has 3 atom stereocenters. The highest BCUT2D eigenvalue weighted by Crippen LogP contribution is 2.15. The number of aliphatic hydroxyl groups is 3. The third kappa shape index (κ3) is 35.4. The van der Waals surface area contributed by atoms with Crippen LogP contribution in [0.4, 0.5) is 0 Å². The molecule has 0 radical (unpaired) electrons. The minimum absolute atomic E-state index is 0.107. The molecule has 0 bridgehead atoms. The quantitative estimate of drug-likeness (QED) is 0.0350. The molecule has 3 N–H and O–H groups in total. The van der Waals surface area contributed by atoms with Crippen LogP contribution in [0.1, 0.15) is 168 Å². The van der Waals surface area contributed by atoms with Crippen LogP contribution in [0.3, 0.4) is 0 Å². The van der Waals surface area contributed by atoms with Crippen molar-refractivity contribution in [1.29, 1.82) is 0 Å². The van der Waals surface area contributed by atoms with E-state index in [9.17, 15) is 24.9 Å². The molecule has 0 heterocycles. The third-order valence-corrected chi connectivity index (χ3v) is 8.51. The minimum Gasteiger partial charge on any atom is -0.462 e. The maximum absolute atomic E-state index is 12.2. The molecular weight excluding hydrogens is 616 g/mol. The van der Waals surface area contributed by atoms with Crippen LogP contribution in [0.2, 0.25) is 0 Å². The van der Waals surface area contributed by atoms with Crippen molar-refractivity contribution < 1.29 is 34.4 Å². The third-order valence-electron chi connectivity index (χ3n) is 8.51. The lowest BCUT2D eigenvalue weighted by atomic mass is 10.0. The van der Waals surface area contributed by atoms with Crippen molar-refractivity contribution in [3.05, 3.63) is 48.6 Å². The first-order chi connectivity index (χ1) is 23.8. The normalized spacial score (nSPS) is 14.1. The molecular formula is C42H74O7. The molecule has 49 heavy (non-hydrogen) atoms. The van der Waals surface area contributed by atoms with E-state index in [4.69, 9.17) is 9.47 Å². The summed E-state index contributed by atoms with van der Waals surface area (Å²) < 4.78 is 10.5. The zero-order chi connectivity index (χ0) is 36.2. The van der Waals surface area contributed by atoms with Crippen LogP contribution in [0.5, 0.6) is 0 Å². The van der Waals surface area contributed by atoms with E-state index in [1.807, 2.05) is 36.5 Å². The molecule has 0 aliphatic carbocycles. The Morgan fingerprint density at radius 1 is 0.592 bits per heavy atom. The van der Waals surface area contributed by atoms with Gasteiger partial charge in [-0.1, -0.05) is 172 Å². The Labute approximate surface area is 300 Å². The lowest BCUT2D eigenvalue weighted by Crippen LogP contribution is -2.28. The number of allylic oxidation sites excluding steroid dienone is 6. The summed E-state index contributed by atoms with van der Waals surface area (Å²) >= 11 is 0. The topological polar surface area (TPSA) is 113 Å². The highest BCUT2D eigenvalue weighted by Gasteiger charge is 2.16. The van der Waals surface area contributed by atoms with E-state index in [1.54, 1.807) is 12.2 Å². The van der Waals surface area contributed by atoms with Gasteiger partial charge in [0.15, 0.2) is 6.10 Å². The monoisotopic (exact) mass is 691 g/mol. The average molecular weight is 691 g/mol. The van der Waals surface area contributed by atoms with E-state index in [2.05, 4.69) is 20.8 Å². The summed E-state index contributed by atoms with van der Waals surface area (Å²) in [6.45, 7) is 6.18. The summed E-state index contributed by atoms with van der Waals surface area (Å²) in [6, 6.07) is 0. The Hall–Kier alpha value is -2.22. The largest absolute Gasteiger partial charge is 0.462 e. The fourth-order valence-corrected chi connectivity index (χ4v) is 5.42. The SMILES string of the molecule is CCCCC[C@@H](O)/C=C/C=C\C/C=C\C=C\[C@@H](O)CCCC(=O)O[C@@H](CO)COC(=O)CCCCCCCCCCCCCCCC(C)C. The van der Waals surface area contributed by atoms with Gasteiger partial charge in [-0.15, -0.1) is 0 Å². The first-order valence-electron chi connectivity index (χ1n) is 19.8. The van der Waals surface area contributed by atoms with Crippen molar-refractivity contribution in [1.82, 2.24) is 0 Å². The molecule has 7 heteroatoms. The number of esters is 2. The van der Waals surface area contributed by atoms with E-state index in [-0.39, 0.29) is 25.1 Å². The molecule has 0 aromatic rings. The molecule has 0 aliphatic heterocycles. The number of unbranched alkanes of at least 4 members (excludes halogenated alkanes) is 14. The molecule has 0 saturated carbocycles. The zero-order valence-corrected chi connectivity index (χ0v) is 31.6. The van der Waals surface area contributed by atoms with Crippen molar-refractivity contribution in [2.75, 3.05) is 13.2 Å². The molecule has 0 amide bonds. The maximum atomic E-state index is 12.2. The summed E-state index contributed by atoms with van der Waals surface area (Å²) in [6.07, 6.45) is 36.7. The van der Waals surface area contributed by atoms with Gasteiger partial charge >= 0.3 is 11.9 Å². The average Bonchev–Trinajstić information content (AvgIpc) is 3.07. The van der Waals surface area contributed by atoms with E-state index >= 15 is 0 Å². The van der Waals surface area contributed by atoms with Gasteiger partial charge in [-0.2, -0.15) is 0 Å². The molecule has 0 aromatic heterocycles. The zero-order valence-electron chi connectivity index (χ0n) is 31.6. The molecule has 0 aliphatic rings. The summed E-state index contributed by atoms with van der Waals surface area (Å²) in [5, 5.41) is 29.5. The smallest absolute Gasteiger partial charge is 0.306 e. The van der Waals surface area contributed by atoms with Gasteiger partial charge in [0.2, 0.25) is 0 Å². The highest BCUT2D eigenvalue weighted by atomic mass is 16.6. The number of rotatable bonds is 34. The molecule has 0 fully saturated rings. The second-order valence-electron chi connectivity index (χ2n) is 13.9. The van der Waals surface area contributed by atoms with E-state index in [1.165, 1.54) is 70.6 Å². The standard InChI is InChI=1S/C42H74O7/c1-4-5-22-29-38(44)30-24-19-15-13-16-20-25-31-39(45)32-27-34-42(47)49-40(35-43)36-48-41(46)33-26-21-17-12-10-8-6-7-9-11-14-18-23-28-37(2)3/h15-16,19-20,24-25,30-31,37-40,43-45H,4-14,17-18,21-23,26-29,32-36H2,1-3H3/b19-15-,20-16-,30-24+,31-25+/t38-,39-,40+/m1/s1. The second-order valence-corrected chi connectivity index (χ2v) is 13.9. The second kappa shape index (κ2) is 35.6. The minimum atomic E-state index is -0.878. The van der Waals surface area contributed by atoms with E-state index in [0.717, 1.165) is 57.3 Å². The van der Waals surface area contributed by atoms with Crippen molar-refractivity contribution >= 4 is 11.9 Å². The fourth-order valence-electron chi connectivity index (χ4n) is 5.42. The van der Waals surface area contributed by atoms with Gasteiger partial charge in [0.25, 0.3) is 0 Å². The summed E-state index contributed by atoms with van der Waals surface area (Å²) in [7, 11) is 0. The van der Waals surface area contributed by atoms with Gasteiger partial charge in [0.1, 0.15) is 6.61 Å². The van der Waals surface area contributed by atoms with Crippen molar-refractivity contribution in [3.8, 4) is 0 Å². The predicted molar refractivity (Wildman–Crippen MR) is 203 cm³/mol. The van der Waals surface area contributed by atoms with Crippen molar-refractivity contribution in [3.63, 3.8) is 0 Å². The Kier molecular flexibility index (Phi) is 34.0. The molecule has 0 rings (SSSR count). The Morgan fingerprint density at radius 2 is 1.06 bits per heavy atom. The number of carbonyl (C=O) groups excluding carboxylic acids is 2. The van der Waals surface area contributed by atoms with Crippen LogP contribution < -0.4 is 0 Å². The Bertz CT molecular complexity index is 876. The lowest BCUT2D eigenvalue weighted by Gasteiger charge is -2.16. The van der Waals surface area contributed by atoms with Gasteiger partial charge in [0.05, 0.1) is 18.8 Å². The van der Waals surface area contributed by atoms with Gasteiger partial charge in [-0.25, -0.2) is 0 Å². The maximum Gasteiger partial charge on any atom is 0.306 e. The number of hydrogen-bond acceptors (Lipinski definition) is 7. The van der Waals surface area contributed by atoms with Crippen LogP contribution in [-0.2, 0) is 19.1 Å². The van der Waals surface area contributed by atoms with Gasteiger partial charge in [-0.3, -0.25) is 9.59 Å². The molecule has 0 unspecified atom stereocenters. The van der Waals surface area contributed by atoms with Gasteiger partial charge < -0.3 is 24.8 Å². The van der Waals surface area contributed by atoms with Crippen LogP contribution in [-0.4, -0.2) is 58.8 Å². The van der Waals surface area contributed by atoms with Crippen LogP contribution in [0.15, 0.2) is 48.6 Å². The Morgan fingerprint density at radius 3 is 1.57 bits per heavy atom. The van der Waals surface area contributed by atoms with Crippen molar-refractivity contribution in [2.45, 2.75) is 187 Å².